The van der Waals surface area contributed by atoms with Gasteiger partial charge >= 0.3 is 0 Å². The number of aromatic nitrogens is 1. The molecule has 2 rings (SSSR count). The van der Waals surface area contributed by atoms with E-state index in [9.17, 15) is 0 Å². The number of hydrogen-bond donors (Lipinski definition) is 2. The molecule has 2 aromatic rings. The van der Waals surface area contributed by atoms with E-state index in [4.69, 9.17) is 5.84 Å². The Labute approximate surface area is 121 Å². The summed E-state index contributed by atoms with van der Waals surface area (Å²) in [6, 6.07) is 6.18. The van der Waals surface area contributed by atoms with E-state index in [1.165, 1.54) is 11.1 Å². The fraction of sp³-hybridized carbons (Fsp3) is 0.182. The highest BCUT2D eigenvalue weighted by Crippen LogP contribution is 2.36. The Kier molecular flexibility index (Phi) is 4.69. The average Bonchev–Trinajstić information content (AvgIpc) is 2.67. The Bertz CT molecular complexity index is 487. The maximum Gasteiger partial charge on any atom is 0.0758 e. The van der Waals surface area contributed by atoms with Crippen LogP contribution in [-0.2, 0) is 6.42 Å². The van der Waals surface area contributed by atoms with Gasteiger partial charge < -0.3 is 0 Å². The zero-order valence-electron chi connectivity index (χ0n) is 8.86. The number of rotatable bonds is 4. The van der Waals surface area contributed by atoms with E-state index in [1.54, 1.807) is 23.7 Å². The minimum absolute atomic E-state index is 0.0920. The van der Waals surface area contributed by atoms with Crippen LogP contribution in [0.2, 0.25) is 0 Å². The van der Waals surface area contributed by atoms with Crippen LogP contribution in [0.15, 0.2) is 38.2 Å². The minimum Gasteiger partial charge on any atom is -0.271 e. The highest BCUT2D eigenvalue weighted by atomic mass is 79.9. The Morgan fingerprint density at radius 1 is 1.35 bits per heavy atom. The van der Waals surface area contributed by atoms with E-state index >= 15 is 0 Å². The van der Waals surface area contributed by atoms with Gasteiger partial charge in [-0.3, -0.25) is 16.3 Å². The van der Waals surface area contributed by atoms with Gasteiger partial charge in [0.1, 0.15) is 0 Å². The third kappa shape index (κ3) is 3.35. The Morgan fingerprint density at radius 3 is 2.59 bits per heavy atom. The van der Waals surface area contributed by atoms with Crippen molar-refractivity contribution in [2.24, 2.45) is 5.84 Å². The molecule has 17 heavy (non-hydrogen) atoms. The summed E-state index contributed by atoms with van der Waals surface area (Å²) in [6.45, 7) is 0. The van der Waals surface area contributed by atoms with Crippen molar-refractivity contribution in [3.8, 4) is 0 Å². The van der Waals surface area contributed by atoms with Gasteiger partial charge in [0.15, 0.2) is 0 Å². The molecule has 2 heterocycles. The fourth-order valence-corrected chi connectivity index (χ4v) is 4.58. The molecule has 0 amide bonds. The number of hydrogen-bond acceptors (Lipinski definition) is 4. The lowest BCUT2D eigenvalue weighted by Gasteiger charge is -2.15. The monoisotopic (exact) mass is 375 g/mol. The summed E-state index contributed by atoms with van der Waals surface area (Å²) in [4.78, 5) is 4.01. The second-order valence-corrected chi connectivity index (χ2v) is 7.31. The first kappa shape index (κ1) is 13.2. The van der Waals surface area contributed by atoms with Crippen LogP contribution in [0.5, 0.6) is 0 Å². The van der Waals surface area contributed by atoms with Crippen molar-refractivity contribution in [1.29, 1.82) is 0 Å². The number of halogens is 2. The van der Waals surface area contributed by atoms with Crippen molar-refractivity contribution in [2.45, 2.75) is 12.5 Å². The van der Waals surface area contributed by atoms with Crippen molar-refractivity contribution in [1.82, 2.24) is 10.4 Å². The highest BCUT2D eigenvalue weighted by molar-refractivity contribution is 9.12. The van der Waals surface area contributed by atoms with Gasteiger partial charge in [-0.2, -0.15) is 0 Å². The number of nitrogens with zero attached hydrogens (tertiary/aromatic N) is 1. The molecule has 0 aromatic carbocycles. The summed E-state index contributed by atoms with van der Waals surface area (Å²) in [7, 11) is 0. The molecule has 0 saturated heterocycles. The van der Waals surface area contributed by atoms with E-state index in [0.29, 0.717) is 0 Å². The van der Waals surface area contributed by atoms with Gasteiger partial charge in [0, 0.05) is 12.4 Å². The zero-order chi connectivity index (χ0) is 12.3. The molecular weight excluding hydrogens is 366 g/mol. The first-order valence-corrected chi connectivity index (χ1v) is 7.40. The second-order valence-electron chi connectivity index (χ2n) is 3.56. The number of hydrazine groups is 1. The molecule has 0 saturated carbocycles. The molecular formula is C11H11Br2N3S. The molecule has 90 valence electrons. The Morgan fingerprint density at radius 2 is 2.06 bits per heavy atom. The molecule has 0 spiro atoms. The molecule has 0 radical (unpaired) electrons. The quantitative estimate of drug-likeness (QED) is 0.634. The molecule has 0 aliphatic rings. The van der Waals surface area contributed by atoms with Crippen LogP contribution in [-0.4, -0.2) is 4.98 Å². The number of pyridine rings is 1. The molecule has 2 aromatic heterocycles. The largest absolute Gasteiger partial charge is 0.271 e. The molecule has 6 heteroatoms. The summed E-state index contributed by atoms with van der Waals surface area (Å²) < 4.78 is 2.19. The number of nitrogens with one attached hydrogen (secondary N) is 1. The molecule has 0 bridgehead atoms. The first-order valence-electron chi connectivity index (χ1n) is 5.00. The van der Waals surface area contributed by atoms with E-state index in [0.717, 1.165) is 14.0 Å². The predicted molar refractivity (Wildman–Crippen MR) is 77.7 cm³/mol. The molecule has 0 aliphatic heterocycles. The Hall–Kier alpha value is -0.270. The molecule has 0 aliphatic carbocycles. The average molecular weight is 377 g/mol. The SMILES string of the molecule is NNC(Cc1ccncc1)c1cc(Br)sc1Br. The molecule has 1 unspecified atom stereocenters. The van der Waals surface area contributed by atoms with E-state index in [1.807, 2.05) is 12.1 Å². The van der Waals surface area contributed by atoms with Crippen LogP contribution >= 0.6 is 43.2 Å². The van der Waals surface area contributed by atoms with Crippen molar-refractivity contribution < 1.29 is 0 Å². The molecule has 3 N–H and O–H groups in total. The lowest BCUT2D eigenvalue weighted by molar-refractivity contribution is 0.551. The van der Waals surface area contributed by atoms with Gasteiger partial charge in [-0.05, 0) is 67.6 Å². The van der Waals surface area contributed by atoms with Crippen LogP contribution in [0.25, 0.3) is 0 Å². The van der Waals surface area contributed by atoms with Crippen LogP contribution in [0.4, 0.5) is 0 Å². The summed E-state index contributed by atoms with van der Waals surface area (Å²) in [5.74, 6) is 5.63. The van der Waals surface area contributed by atoms with Gasteiger partial charge in [-0.15, -0.1) is 11.3 Å². The summed E-state index contributed by atoms with van der Waals surface area (Å²) >= 11 is 8.68. The van der Waals surface area contributed by atoms with Gasteiger partial charge in [0.2, 0.25) is 0 Å². The summed E-state index contributed by atoms with van der Waals surface area (Å²) in [5.41, 5.74) is 5.23. The van der Waals surface area contributed by atoms with Gasteiger partial charge in [0.05, 0.1) is 13.6 Å². The van der Waals surface area contributed by atoms with E-state index < -0.39 is 0 Å². The predicted octanol–water partition coefficient (Wildman–Crippen LogP) is 3.42. The van der Waals surface area contributed by atoms with Crippen LogP contribution in [0.3, 0.4) is 0 Å². The highest BCUT2D eigenvalue weighted by Gasteiger charge is 2.16. The maximum absolute atomic E-state index is 5.63. The van der Waals surface area contributed by atoms with Crippen molar-refractivity contribution in [3.63, 3.8) is 0 Å². The lowest BCUT2D eigenvalue weighted by Crippen LogP contribution is -2.29. The van der Waals surface area contributed by atoms with Gasteiger partial charge in [0.25, 0.3) is 0 Å². The Balaban J connectivity index is 2.20. The normalized spacial score (nSPS) is 12.6. The molecule has 0 fully saturated rings. The number of nitrogens with two attached hydrogens (primary N) is 1. The van der Waals surface area contributed by atoms with Crippen molar-refractivity contribution in [3.05, 3.63) is 49.3 Å². The lowest BCUT2D eigenvalue weighted by atomic mass is 10.0. The smallest absolute Gasteiger partial charge is 0.0758 e. The third-order valence-corrected chi connectivity index (χ3v) is 4.83. The molecule has 1 atom stereocenters. The van der Waals surface area contributed by atoms with Crippen LogP contribution < -0.4 is 11.3 Å². The third-order valence-electron chi connectivity index (χ3n) is 2.45. The van der Waals surface area contributed by atoms with Crippen molar-refractivity contribution >= 4 is 43.2 Å². The summed E-state index contributed by atoms with van der Waals surface area (Å²) in [6.07, 6.45) is 4.42. The van der Waals surface area contributed by atoms with Crippen LogP contribution in [0.1, 0.15) is 17.2 Å². The molecule has 3 nitrogen and oxygen atoms in total. The number of thiophene rings is 1. The minimum atomic E-state index is 0.0920. The van der Waals surface area contributed by atoms with Gasteiger partial charge in [-0.25, -0.2) is 0 Å². The second kappa shape index (κ2) is 6.06. The fourth-order valence-electron chi connectivity index (χ4n) is 1.60. The van der Waals surface area contributed by atoms with E-state index in [2.05, 4.69) is 48.3 Å². The van der Waals surface area contributed by atoms with E-state index in [-0.39, 0.29) is 6.04 Å². The topological polar surface area (TPSA) is 50.9 Å². The zero-order valence-corrected chi connectivity index (χ0v) is 12.8. The first-order chi connectivity index (χ1) is 8.20. The summed E-state index contributed by atoms with van der Waals surface area (Å²) in [5, 5.41) is 0. The maximum atomic E-state index is 5.63. The standard InChI is InChI=1S/C11H11Br2N3S/c12-10-6-8(11(13)17-10)9(16-14)5-7-1-3-15-4-2-7/h1-4,6,9,16H,5,14H2. The van der Waals surface area contributed by atoms with Crippen LogP contribution in [0, 0.1) is 0 Å². The van der Waals surface area contributed by atoms with Gasteiger partial charge in [-0.1, -0.05) is 0 Å². The van der Waals surface area contributed by atoms with Crippen molar-refractivity contribution in [2.75, 3.05) is 0 Å².